The van der Waals surface area contributed by atoms with Gasteiger partial charge in [0.15, 0.2) is 0 Å². The molecule has 1 unspecified atom stereocenters. The number of anilines is 2. The maximum Gasteiger partial charge on any atom is 0.341 e. The fraction of sp³-hybridized carbons (Fsp3) is 0.154. The van der Waals surface area contributed by atoms with Crippen LogP contribution in [-0.4, -0.2) is 22.7 Å². The van der Waals surface area contributed by atoms with Gasteiger partial charge in [-0.15, -0.1) is 0 Å². The van der Waals surface area contributed by atoms with Gasteiger partial charge >= 0.3 is 5.97 Å². The number of aliphatic hydroxyl groups is 1. The first-order valence-corrected chi connectivity index (χ1v) is 10.3. The predicted molar refractivity (Wildman–Crippen MR) is 123 cm³/mol. The molecule has 0 aliphatic rings. The lowest BCUT2D eigenvalue weighted by molar-refractivity contribution is 0.0527. The number of aromatic nitrogens is 1. The zero-order valence-electron chi connectivity index (χ0n) is 17.8. The van der Waals surface area contributed by atoms with Gasteiger partial charge in [-0.05, 0) is 43.2 Å². The molecular formula is C26H23FN2O3. The van der Waals surface area contributed by atoms with Crippen molar-refractivity contribution in [2.45, 2.75) is 20.0 Å². The highest BCUT2D eigenvalue weighted by atomic mass is 19.1. The minimum absolute atomic E-state index is 0.240. The average Bonchev–Trinajstić information content (AvgIpc) is 2.80. The Morgan fingerprint density at radius 3 is 2.56 bits per heavy atom. The molecule has 0 radical (unpaired) electrons. The molecule has 4 rings (SSSR count). The van der Waals surface area contributed by atoms with Crippen LogP contribution in [0.5, 0.6) is 0 Å². The van der Waals surface area contributed by atoms with Crippen LogP contribution < -0.4 is 5.32 Å². The second-order valence-electron chi connectivity index (χ2n) is 7.40. The number of fused-ring (bicyclic) bond motifs is 1. The van der Waals surface area contributed by atoms with Gasteiger partial charge in [-0.1, -0.05) is 48.5 Å². The van der Waals surface area contributed by atoms with Crippen molar-refractivity contribution in [2.75, 3.05) is 11.9 Å². The number of aryl methyl sites for hydroxylation is 1. The Hall–Kier alpha value is -3.77. The number of carbonyl (C=O) groups is 1. The molecule has 6 heteroatoms. The standard InChI is InChI=1S/C26H23FN2O3/c1-3-32-26(31)21-15-28-23-19(24(21)29-22-10-5-4-7-16(22)2)8-6-9-20(23)25(30)17-11-13-18(27)14-12-17/h4-15,25,30H,3H2,1-2H3,(H,28,29). The molecule has 2 N–H and O–H groups in total. The van der Waals surface area contributed by atoms with Gasteiger partial charge in [0.25, 0.3) is 0 Å². The Morgan fingerprint density at radius 1 is 1.09 bits per heavy atom. The van der Waals surface area contributed by atoms with Crippen LogP contribution in [-0.2, 0) is 4.74 Å². The van der Waals surface area contributed by atoms with Crippen LogP contribution in [0.2, 0.25) is 0 Å². The molecule has 0 saturated heterocycles. The number of nitrogens with zero attached hydrogens (tertiary/aromatic N) is 1. The zero-order valence-corrected chi connectivity index (χ0v) is 17.8. The molecule has 0 bridgehead atoms. The summed E-state index contributed by atoms with van der Waals surface area (Å²) >= 11 is 0. The van der Waals surface area contributed by atoms with E-state index in [4.69, 9.17) is 4.74 Å². The summed E-state index contributed by atoms with van der Waals surface area (Å²) in [5.74, 6) is -0.858. The lowest BCUT2D eigenvalue weighted by Crippen LogP contribution is -2.10. The Morgan fingerprint density at radius 2 is 1.84 bits per heavy atom. The first kappa shape index (κ1) is 21.5. The number of esters is 1. The van der Waals surface area contributed by atoms with E-state index >= 15 is 0 Å². The summed E-state index contributed by atoms with van der Waals surface area (Å²) in [4.78, 5) is 17.2. The lowest BCUT2D eigenvalue weighted by Gasteiger charge is -2.18. The Balaban J connectivity index is 1.89. The van der Waals surface area contributed by atoms with E-state index in [-0.39, 0.29) is 12.4 Å². The molecule has 1 aromatic heterocycles. The van der Waals surface area contributed by atoms with Crippen molar-refractivity contribution >= 4 is 28.2 Å². The van der Waals surface area contributed by atoms with Crippen LogP contribution in [0.15, 0.2) is 72.9 Å². The van der Waals surface area contributed by atoms with E-state index in [0.29, 0.717) is 33.3 Å². The molecule has 5 nitrogen and oxygen atoms in total. The number of rotatable bonds is 6. The normalized spacial score (nSPS) is 11.9. The third kappa shape index (κ3) is 4.18. The van der Waals surface area contributed by atoms with Crippen LogP contribution in [0.3, 0.4) is 0 Å². The zero-order chi connectivity index (χ0) is 22.7. The van der Waals surface area contributed by atoms with E-state index in [2.05, 4.69) is 10.3 Å². The van der Waals surface area contributed by atoms with E-state index in [9.17, 15) is 14.3 Å². The van der Waals surface area contributed by atoms with Crippen molar-refractivity contribution < 1.29 is 19.0 Å². The van der Waals surface area contributed by atoms with Crippen molar-refractivity contribution in [3.63, 3.8) is 0 Å². The number of pyridine rings is 1. The molecule has 1 heterocycles. The number of aliphatic hydroxyl groups excluding tert-OH is 1. The maximum absolute atomic E-state index is 13.3. The summed E-state index contributed by atoms with van der Waals surface area (Å²) in [7, 11) is 0. The fourth-order valence-corrected chi connectivity index (χ4v) is 3.64. The summed E-state index contributed by atoms with van der Waals surface area (Å²) in [6, 6.07) is 18.8. The number of carbonyl (C=O) groups excluding carboxylic acids is 1. The van der Waals surface area contributed by atoms with Crippen molar-refractivity contribution in [1.82, 2.24) is 4.98 Å². The smallest absolute Gasteiger partial charge is 0.341 e. The lowest BCUT2D eigenvalue weighted by atomic mass is 9.97. The summed E-state index contributed by atoms with van der Waals surface area (Å²) in [6.45, 7) is 3.96. The van der Waals surface area contributed by atoms with E-state index in [1.54, 1.807) is 19.1 Å². The van der Waals surface area contributed by atoms with Crippen LogP contribution in [0.25, 0.3) is 10.9 Å². The number of ether oxygens (including phenoxy) is 1. The molecule has 3 aromatic carbocycles. The highest BCUT2D eigenvalue weighted by Gasteiger charge is 2.21. The van der Waals surface area contributed by atoms with Gasteiger partial charge in [0, 0.05) is 22.8 Å². The molecule has 0 aliphatic carbocycles. The van der Waals surface area contributed by atoms with Crippen molar-refractivity contribution in [3.05, 3.63) is 101 Å². The molecule has 0 spiro atoms. The van der Waals surface area contributed by atoms with E-state index in [1.807, 2.05) is 37.3 Å². The number of hydrogen-bond donors (Lipinski definition) is 2. The second-order valence-corrected chi connectivity index (χ2v) is 7.40. The van der Waals surface area contributed by atoms with Crippen LogP contribution in [0.1, 0.15) is 40.1 Å². The topological polar surface area (TPSA) is 71.5 Å². The first-order valence-electron chi connectivity index (χ1n) is 10.3. The van der Waals surface area contributed by atoms with Gasteiger partial charge in [-0.3, -0.25) is 4.98 Å². The molecule has 0 fully saturated rings. The number of halogens is 1. The Kier molecular flexibility index (Phi) is 6.14. The summed E-state index contributed by atoms with van der Waals surface area (Å²) in [5, 5.41) is 15.0. The summed E-state index contributed by atoms with van der Waals surface area (Å²) in [5.41, 5.74) is 4.34. The number of nitrogens with one attached hydrogen (secondary N) is 1. The molecule has 32 heavy (non-hydrogen) atoms. The number of benzene rings is 3. The van der Waals surface area contributed by atoms with Gasteiger partial charge in [0.05, 0.1) is 17.8 Å². The minimum Gasteiger partial charge on any atom is -0.462 e. The van der Waals surface area contributed by atoms with Gasteiger partial charge in [0.1, 0.15) is 17.5 Å². The Bertz CT molecular complexity index is 1270. The summed E-state index contributed by atoms with van der Waals surface area (Å²) < 4.78 is 18.6. The van der Waals surface area contributed by atoms with Crippen molar-refractivity contribution in [3.8, 4) is 0 Å². The van der Waals surface area contributed by atoms with E-state index < -0.39 is 12.1 Å². The molecule has 1 atom stereocenters. The van der Waals surface area contributed by atoms with Gasteiger partial charge < -0.3 is 15.2 Å². The molecule has 0 aliphatic heterocycles. The van der Waals surface area contributed by atoms with Crippen molar-refractivity contribution in [2.24, 2.45) is 0 Å². The van der Waals surface area contributed by atoms with Crippen LogP contribution >= 0.6 is 0 Å². The maximum atomic E-state index is 13.3. The van der Waals surface area contributed by atoms with Crippen molar-refractivity contribution in [1.29, 1.82) is 0 Å². The van der Waals surface area contributed by atoms with Gasteiger partial charge in [0.2, 0.25) is 0 Å². The highest BCUT2D eigenvalue weighted by Crippen LogP contribution is 2.35. The molecule has 162 valence electrons. The molecular weight excluding hydrogens is 407 g/mol. The monoisotopic (exact) mass is 430 g/mol. The number of para-hydroxylation sites is 2. The third-order valence-corrected chi connectivity index (χ3v) is 5.31. The quantitative estimate of drug-likeness (QED) is 0.385. The van der Waals surface area contributed by atoms with Gasteiger partial charge in [-0.2, -0.15) is 0 Å². The fourth-order valence-electron chi connectivity index (χ4n) is 3.64. The Labute approximate surface area is 185 Å². The predicted octanol–water partition coefficient (Wildman–Crippen LogP) is 5.68. The second kappa shape index (κ2) is 9.16. The average molecular weight is 430 g/mol. The third-order valence-electron chi connectivity index (χ3n) is 5.31. The largest absolute Gasteiger partial charge is 0.462 e. The molecule has 0 amide bonds. The molecule has 4 aromatic rings. The van der Waals surface area contributed by atoms with E-state index in [0.717, 1.165) is 11.3 Å². The number of hydrogen-bond acceptors (Lipinski definition) is 5. The van der Waals surface area contributed by atoms with Gasteiger partial charge in [-0.25, -0.2) is 9.18 Å². The van der Waals surface area contributed by atoms with E-state index in [1.165, 1.54) is 30.5 Å². The summed E-state index contributed by atoms with van der Waals surface area (Å²) in [6.07, 6.45) is 0.452. The highest BCUT2D eigenvalue weighted by molar-refractivity contribution is 6.06. The molecule has 0 saturated carbocycles. The van der Waals surface area contributed by atoms with Crippen LogP contribution in [0, 0.1) is 12.7 Å². The SMILES string of the molecule is CCOC(=O)c1cnc2c(C(O)c3ccc(F)cc3)cccc2c1Nc1ccccc1C. The van der Waals surface area contributed by atoms with Crippen LogP contribution in [0.4, 0.5) is 15.8 Å². The first-order chi connectivity index (χ1) is 15.5. The minimum atomic E-state index is -1.01.